The van der Waals surface area contributed by atoms with Crippen molar-refractivity contribution in [3.8, 4) is 0 Å². The number of nitrogens with zero attached hydrogens (tertiary/aromatic N) is 2. The van der Waals surface area contributed by atoms with E-state index in [1.165, 1.54) is 22.5 Å². The summed E-state index contributed by atoms with van der Waals surface area (Å²) in [6.07, 6.45) is 1.04. The molecule has 1 amide bonds. The van der Waals surface area contributed by atoms with Crippen molar-refractivity contribution in [2.45, 2.75) is 19.4 Å². The largest absolute Gasteiger partial charge is 0.378 e. The van der Waals surface area contributed by atoms with Crippen LogP contribution in [0.1, 0.15) is 33.1 Å². The molecule has 3 aromatic carbocycles. The van der Waals surface area contributed by atoms with Gasteiger partial charge >= 0.3 is 0 Å². The zero-order valence-electron chi connectivity index (χ0n) is 17.9. The summed E-state index contributed by atoms with van der Waals surface area (Å²) in [6.45, 7) is 3.54. The molecule has 0 bridgehead atoms. The van der Waals surface area contributed by atoms with Crippen molar-refractivity contribution < 1.29 is 4.79 Å². The first-order valence-electron chi connectivity index (χ1n) is 10.5. The Labute approximate surface area is 179 Å². The summed E-state index contributed by atoms with van der Waals surface area (Å²) in [5.41, 5.74) is 6.87. The van der Waals surface area contributed by atoms with Gasteiger partial charge in [0.15, 0.2) is 0 Å². The molecule has 0 fully saturated rings. The van der Waals surface area contributed by atoms with Gasteiger partial charge in [-0.1, -0.05) is 48.0 Å². The summed E-state index contributed by atoms with van der Waals surface area (Å²) in [7, 11) is 4.09. The number of benzene rings is 3. The van der Waals surface area contributed by atoms with Gasteiger partial charge in [-0.2, -0.15) is 0 Å². The van der Waals surface area contributed by atoms with Crippen molar-refractivity contribution in [1.29, 1.82) is 0 Å². The van der Waals surface area contributed by atoms with Crippen LogP contribution in [0.5, 0.6) is 0 Å². The second kappa shape index (κ2) is 8.62. The minimum absolute atomic E-state index is 0.0302. The van der Waals surface area contributed by atoms with Crippen LogP contribution in [0.15, 0.2) is 72.8 Å². The van der Waals surface area contributed by atoms with Crippen LogP contribution in [0, 0.1) is 6.92 Å². The Morgan fingerprint density at radius 1 is 1.00 bits per heavy atom. The number of fused-ring (bicyclic) bond motifs is 1. The van der Waals surface area contributed by atoms with Gasteiger partial charge in [-0.25, -0.2) is 0 Å². The maximum absolute atomic E-state index is 12.8. The van der Waals surface area contributed by atoms with Crippen molar-refractivity contribution in [3.05, 3.63) is 95.1 Å². The van der Waals surface area contributed by atoms with Gasteiger partial charge in [0.05, 0.1) is 6.04 Å². The monoisotopic (exact) mass is 399 g/mol. The molecule has 0 saturated heterocycles. The average Bonchev–Trinajstić information content (AvgIpc) is 3.19. The molecule has 30 heavy (non-hydrogen) atoms. The average molecular weight is 400 g/mol. The topological polar surface area (TPSA) is 35.6 Å². The van der Waals surface area contributed by atoms with E-state index in [0.717, 1.165) is 18.5 Å². The van der Waals surface area contributed by atoms with Crippen LogP contribution < -0.4 is 15.1 Å². The number of anilines is 2. The van der Waals surface area contributed by atoms with E-state index in [9.17, 15) is 4.79 Å². The highest BCUT2D eigenvalue weighted by atomic mass is 16.1. The highest BCUT2D eigenvalue weighted by molar-refractivity contribution is 5.94. The normalized spacial score (nSPS) is 13.6. The summed E-state index contributed by atoms with van der Waals surface area (Å²) < 4.78 is 0. The highest BCUT2D eigenvalue weighted by Crippen LogP contribution is 2.35. The SMILES string of the molecule is Cc1ccc(C(=O)NC[C@H](c2ccc(N(C)C)cc2)N2CCc3ccccc32)cc1. The van der Waals surface area contributed by atoms with Gasteiger partial charge in [0, 0.05) is 44.1 Å². The number of carbonyl (C=O) groups excluding carboxylic acids is 1. The van der Waals surface area contributed by atoms with Crippen molar-refractivity contribution in [3.63, 3.8) is 0 Å². The zero-order chi connectivity index (χ0) is 21.1. The summed E-state index contributed by atoms with van der Waals surface area (Å²) in [5, 5.41) is 3.17. The summed E-state index contributed by atoms with van der Waals surface area (Å²) in [6, 6.07) is 25.0. The summed E-state index contributed by atoms with van der Waals surface area (Å²) in [5.74, 6) is -0.0302. The first-order chi connectivity index (χ1) is 14.5. The molecule has 3 aromatic rings. The molecule has 1 aliphatic rings. The fourth-order valence-corrected chi connectivity index (χ4v) is 4.09. The lowest BCUT2D eigenvalue weighted by Gasteiger charge is -2.31. The summed E-state index contributed by atoms with van der Waals surface area (Å²) in [4.78, 5) is 17.3. The van der Waals surface area contributed by atoms with Gasteiger partial charge in [-0.05, 0) is 54.8 Å². The standard InChI is InChI=1S/C26H29N3O/c1-19-8-10-22(11-9-19)26(30)27-18-25(21-12-14-23(15-13-21)28(2)3)29-17-16-20-6-4-5-7-24(20)29/h4-15,25H,16-18H2,1-3H3,(H,27,30)/t25-/m1/s1. The third-order valence-corrected chi connectivity index (χ3v) is 5.86. The Morgan fingerprint density at radius 3 is 2.40 bits per heavy atom. The Morgan fingerprint density at radius 2 is 1.70 bits per heavy atom. The molecule has 1 aliphatic heterocycles. The molecule has 1 heterocycles. The molecule has 0 aromatic heterocycles. The van der Waals surface area contributed by atoms with Gasteiger partial charge in [-0.3, -0.25) is 4.79 Å². The van der Waals surface area contributed by atoms with Gasteiger partial charge in [-0.15, -0.1) is 0 Å². The zero-order valence-corrected chi connectivity index (χ0v) is 17.9. The lowest BCUT2D eigenvalue weighted by Crippen LogP contribution is -2.37. The molecule has 0 aliphatic carbocycles. The van der Waals surface area contributed by atoms with Crippen LogP contribution in [-0.4, -0.2) is 33.1 Å². The Hall–Kier alpha value is -3.27. The van der Waals surface area contributed by atoms with Gasteiger partial charge in [0.25, 0.3) is 5.91 Å². The molecule has 4 rings (SSSR count). The Kier molecular flexibility index (Phi) is 5.75. The maximum atomic E-state index is 12.8. The summed E-state index contributed by atoms with van der Waals surface area (Å²) >= 11 is 0. The molecule has 0 spiro atoms. The molecule has 4 heteroatoms. The Bertz CT molecular complexity index is 1010. The number of hydrogen-bond acceptors (Lipinski definition) is 3. The minimum Gasteiger partial charge on any atom is -0.378 e. The molecule has 154 valence electrons. The van der Waals surface area contributed by atoms with Gasteiger partial charge < -0.3 is 15.1 Å². The number of hydrogen-bond donors (Lipinski definition) is 1. The number of rotatable bonds is 6. The number of nitrogens with one attached hydrogen (secondary N) is 1. The lowest BCUT2D eigenvalue weighted by molar-refractivity contribution is 0.0951. The third-order valence-electron chi connectivity index (χ3n) is 5.86. The van der Waals surface area contributed by atoms with Crippen molar-refractivity contribution >= 4 is 17.3 Å². The highest BCUT2D eigenvalue weighted by Gasteiger charge is 2.27. The van der Waals surface area contributed by atoms with Crippen LogP contribution in [0.2, 0.25) is 0 Å². The van der Waals surface area contributed by atoms with Crippen LogP contribution >= 0.6 is 0 Å². The van der Waals surface area contributed by atoms with Crippen LogP contribution in [0.25, 0.3) is 0 Å². The van der Waals surface area contributed by atoms with E-state index < -0.39 is 0 Å². The fraction of sp³-hybridized carbons (Fsp3) is 0.269. The number of aryl methyl sites for hydroxylation is 1. The minimum atomic E-state index is -0.0302. The first kappa shape index (κ1) is 20.0. The molecule has 1 atom stereocenters. The van der Waals surface area contributed by atoms with E-state index in [1.54, 1.807) is 0 Å². The van der Waals surface area contributed by atoms with Crippen LogP contribution in [0.3, 0.4) is 0 Å². The predicted octanol–water partition coefficient (Wildman–Crippen LogP) is 4.59. The second-order valence-corrected chi connectivity index (χ2v) is 8.15. The third kappa shape index (κ3) is 4.18. The quantitative estimate of drug-likeness (QED) is 0.658. The van der Waals surface area contributed by atoms with Gasteiger partial charge in [0.2, 0.25) is 0 Å². The smallest absolute Gasteiger partial charge is 0.251 e. The van der Waals surface area contributed by atoms with Crippen molar-refractivity contribution in [2.75, 3.05) is 37.0 Å². The molecule has 0 unspecified atom stereocenters. The van der Waals surface area contributed by atoms with E-state index >= 15 is 0 Å². The lowest BCUT2D eigenvalue weighted by atomic mass is 10.0. The Balaban J connectivity index is 1.59. The van der Waals surface area contributed by atoms with Crippen molar-refractivity contribution in [1.82, 2.24) is 5.32 Å². The first-order valence-corrected chi connectivity index (χ1v) is 10.5. The molecule has 0 saturated carbocycles. The maximum Gasteiger partial charge on any atom is 0.251 e. The van der Waals surface area contributed by atoms with Crippen LogP contribution in [-0.2, 0) is 6.42 Å². The molecule has 0 radical (unpaired) electrons. The number of para-hydroxylation sites is 1. The molecule has 4 nitrogen and oxygen atoms in total. The second-order valence-electron chi connectivity index (χ2n) is 8.15. The predicted molar refractivity (Wildman–Crippen MR) is 125 cm³/mol. The molecular weight excluding hydrogens is 370 g/mol. The van der Waals surface area contributed by atoms with E-state index in [-0.39, 0.29) is 11.9 Å². The molecule has 1 N–H and O–H groups in total. The molecular formula is C26H29N3O. The fourth-order valence-electron chi connectivity index (χ4n) is 4.09. The van der Waals surface area contributed by atoms with Crippen LogP contribution in [0.4, 0.5) is 11.4 Å². The number of carbonyl (C=O) groups is 1. The van der Waals surface area contributed by atoms with E-state index in [0.29, 0.717) is 12.1 Å². The van der Waals surface area contributed by atoms with E-state index in [4.69, 9.17) is 0 Å². The van der Waals surface area contributed by atoms with Crippen molar-refractivity contribution in [2.24, 2.45) is 0 Å². The van der Waals surface area contributed by atoms with Gasteiger partial charge in [0.1, 0.15) is 0 Å². The van der Waals surface area contributed by atoms with E-state index in [1.807, 2.05) is 45.3 Å². The number of amides is 1. The van der Waals surface area contributed by atoms with E-state index in [2.05, 4.69) is 63.6 Å².